The molecule has 0 radical (unpaired) electrons. The Hall–Kier alpha value is -2.56. The Labute approximate surface area is 211 Å². The molecule has 10 heteroatoms. The molecule has 0 aliphatic carbocycles. The Balaban J connectivity index is 1.65. The Kier molecular flexibility index (Phi) is 7.73. The summed E-state index contributed by atoms with van der Waals surface area (Å²) in [6.45, 7) is 4.62. The van der Waals surface area contributed by atoms with E-state index in [1.165, 1.54) is 28.1 Å². The van der Waals surface area contributed by atoms with Crippen molar-refractivity contribution < 1.29 is 22.7 Å². The van der Waals surface area contributed by atoms with E-state index in [0.29, 0.717) is 30.2 Å². The van der Waals surface area contributed by atoms with E-state index in [4.69, 9.17) is 4.74 Å². The second-order valence-corrected chi connectivity index (χ2v) is 12.4. The van der Waals surface area contributed by atoms with Gasteiger partial charge in [-0.05, 0) is 55.7 Å². The van der Waals surface area contributed by atoms with Crippen LogP contribution in [0.15, 0.2) is 46.2 Å². The zero-order valence-corrected chi connectivity index (χ0v) is 21.9. The second-order valence-electron chi connectivity index (χ2n) is 8.96. The molecule has 1 N–H and O–H groups in total. The fourth-order valence-electron chi connectivity index (χ4n) is 4.40. The molecule has 1 saturated heterocycles. The summed E-state index contributed by atoms with van der Waals surface area (Å²) in [7, 11) is -2.16. The molecule has 0 spiro atoms. The summed E-state index contributed by atoms with van der Waals surface area (Å²) in [6, 6.07) is 10.4. The number of carbonyl (C=O) groups is 2. The molecule has 35 heavy (non-hydrogen) atoms. The molecule has 8 nitrogen and oxygen atoms in total. The number of rotatable bonds is 6. The molecule has 0 unspecified atom stereocenters. The van der Waals surface area contributed by atoms with E-state index in [-0.39, 0.29) is 29.0 Å². The summed E-state index contributed by atoms with van der Waals surface area (Å²) >= 11 is 1.51. The SMILES string of the molecule is COc1ccc(C)cc1NC(=O)CN1C(=O)C[C@H](C)Sc2ccc(S(=O)(=O)N3CCCCC3)cc21. The number of hydrogen-bond donors (Lipinski definition) is 1. The fourth-order valence-corrected chi connectivity index (χ4v) is 7.03. The second kappa shape index (κ2) is 10.6. The first-order valence-electron chi connectivity index (χ1n) is 11.7. The highest BCUT2D eigenvalue weighted by atomic mass is 32.2. The number of nitrogens with one attached hydrogen (secondary N) is 1. The van der Waals surface area contributed by atoms with Gasteiger partial charge in [0.05, 0.1) is 23.4 Å². The maximum absolute atomic E-state index is 13.3. The Bertz CT molecular complexity index is 1230. The van der Waals surface area contributed by atoms with Crippen LogP contribution in [0.25, 0.3) is 0 Å². The van der Waals surface area contributed by atoms with Gasteiger partial charge in [0.2, 0.25) is 21.8 Å². The van der Waals surface area contributed by atoms with E-state index in [1.807, 2.05) is 19.9 Å². The first-order valence-corrected chi connectivity index (χ1v) is 14.1. The Morgan fingerprint density at radius 1 is 1.14 bits per heavy atom. The zero-order valence-electron chi connectivity index (χ0n) is 20.2. The van der Waals surface area contributed by atoms with E-state index < -0.39 is 15.9 Å². The molecule has 2 aromatic rings. The summed E-state index contributed by atoms with van der Waals surface area (Å²) in [6.07, 6.45) is 2.94. The molecule has 2 aromatic carbocycles. The minimum Gasteiger partial charge on any atom is -0.495 e. The summed E-state index contributed by atoms with van der Waals surface area (Å²) < 4.78 is 33.5. The highest BCUT2D eigenvalue weighted by Crippen LogP contribution is 2.40. The average molecular weight is 518 g/mol. The molecule has 188 valence electrons. The predicted octanol–water partition coefficient (Wildman–Crippen LogP) is 4.03. The van der Waals surface area contributed by atoms with Crippen LogP contribution in [-0.2, 0) is 19.6 Å². The molecule has 2 aliphatic heterocycles. The summed E-state index contributed by atoms with van der Waals surface area (Å²) in [5.41, 5.74) is 1.92. The van der Waals surface area contributed by atoms with E-state index in [0.717, 1.165) is 29.7 Å². The van der Waals surface area contributed by atoms with E-state index in [1.54, 1.807) is 30.3 Å². The van der Waals surface area contributed by atoms with Gasteiger partial charge in [-0.15, -0.1) is 11.8 Å². The number of benzene rings is 2. The van der Waals surface area contributed by atoms with Crippen LogP contribution < -0.4 is 15.0 Å². The monoisotopic (exact) mass is 517 g/mol. The van der Waals surface area contributed by atoms with Crippen molar-refractivity contribution in [1.29, 1.82) is 0 Å². The van der Waals surface area contributed by atoms with Crippen molar-refractivity contribution in [2.75, 3.05) is 37.0 Å². The molecule has 1 atom stereocenters. The summed E-state index contributed by atoms with van der Waals surface area (Å²) in [4.78, 5) is 28.5. The minimum absolute atomic E-state index is 0.00395. The van der Waals surface area contributed by atoms with Crippen molar-refractivity contribution in [2.45, 2.75) is 54.6 Å². The number of fused-ring (bicyclic) bond motifs is 1. The van der Waals surface area contributed by atoms with Crippen molar-refractivity contribution in [2.24, 2.45) is 0 Å². The van der Waals surface area contributed by atoms with E-state index >= 15 is 0 Å². The number of sulfonamides is 1. The van der Waals surface area contributed by atoms with Gasteiger partial charge in [0.1, 0.15) is 12.3 Å². The Morgan fingerprint density at radius 2 is 1.89 bits per heavy atom. The molecule has 2 aliphatic rings. The van der Waals surface area contributed by atoms with E-state index in [2.05, 4.69) is 5.32 Å². The number of piperidine rings is 1. The van der Waals surface area contributed by atoms with Gasteiger partial charge in [-0.1, -0.05) is 19.4 Å². The van der Waals surface area contributed by atoms with Gasteiger partial charge in [0.15, 0.2) is 0 Å². The number of carbonyl (C=O) groups excluding carboxylic acids is 2. The van der Waals surface area contributed by atoms with Crippen LogP contribution in [0.5, 0.6) is 5.75 Å². The topological polar surface area (TPSA) is 96.0 Å². The third-order valence-corrected chi connectivity index (χ3v) is 9.26. The molecular weight excluding hydrogens is 486 g/mol. The smallest absolute Gasteiger partial charge is 0.244 e. The van der Waals surface area contributed by atoms with Gasteiger partial charge in [-0.25, -0.2) is 8.42 Å². The number of amides is 2. The number of nitrogens with zero attached hydrogens (tertiary/aromatic N) is 2. The molecule has 2 heterocycles. The maximum atomic E-state index is 13.3. The number of ether oxygens (including phenoxy) is 1. The van der Waals surface area contributed by atoms with Gasteiger partial charge >= 0.3 is 0 Å². The van der Waals surface area contributed by atoms with Gasteiger partial charge in [-0.2, -0.15) is 4.31 Å². The van der Waals surface area contributed by atoms with Gasteiger partial charge in [-0.3, -0.25) is 9.59 Å². The lowest BCUT2D eigenvalue weighted by Crippen LogP contribution is -2.39. The van der Waals surface area contributed by atoms with Crippen molar-refractivity contribution in [1.82, 2.24) is 4.31 Å². The van der Waals surface area contributed by atoms with Crippen LogP contribution in [0.1, 0.15) is 38.2 Å². The van der Waals surface area contributed by atoms with Crippen LogP contribution in [0.4, 0.5) is 11.4 Å². The minimum atomic E-state index is -3.68. The van der Waals surface area contributed by atoms with Crippen molar-refractivity contribution in [3.05, 3.63) is 42.0 Å². The standard InChI is InChI=1S/C25H31N3O5S2/c1-17-7-9-22(33-3)20(13-17)26-24(29)16-28-21-15-19(35(31,32)27-11-5-4-6-12-27)8-10-23(21)34-18(2)14-25(28)30/h7-10,13,15,18H,4-6,11-12,14,16H2,1-3H3,(H,26,29)/t18-/m0/s1. The van der Waals surface area contributed by atoms with Crippen LogP contribution in [-0.4, -0.2) is 56.5 Å². The molecule has 4 rings (SSSR count). The van der Waals surface area contributed by atoms with Crippen LogP contribution in [0.2, 0.25) is 0 Å². The predicted molar refractivity (Wildman–Crippen MR) is 138 cm³/mol. The molecular formula is C25H31N3O5S2. The van der Waals surface area contributed by atoms with Crippen LogP contribution in [0, 0.1) is 6.92 Å². The number of methoxy groups -OCH3 is 1. The van der Waals surface area contributed by atoms with Gasteiger partial charge < -0.3 is 15.0 Å². The number of thioether (sulfide) groups is 1. The average Bonchev–Trinajstić information content (AvgIpc) is 2.94. The lowest BCUT2D eigenvalue weighted by atomic mass is 10.2. The molecule has 2 amide bonds. The zero-order chi connectivity index (χ0) is 25.2. The Morgan fingerprint density at radius 3 is 2.60 bits per heavy atom. The lowest BCUT2D eigenvalue weighted by molar-refractivity contribution is -0.121. The maximum Gasteiger partial charge on any atom is 0.244 e. The van der Waals surface area contributed by atoms with Crippen molar-refractivity contribution >= 4 is 45.0 Å². The third-order valence-electron chi connectivity index (χ3n) is 6.20. The van der Waals surface area contributed by atoms with E-state index in [9.17, 15) is 18.0 Å². The van der Waals surface area contributed by atoms with Gasteiger partial charge in [0, 0.05) is 29.7 Å². The van der Waals surface area contributed by atoms with Crippen molar-refractivity contribution in [3.8, 4) is 5.75 Å². The lowest BCUT2D eigenvalue weighted by Gasteiger charge is -2.27. The van der Waals surface area contributed by atoms with Crippen LogP contribution >= 0.6 is 11.8 Å². The number of anilines is 2. The number of aryl methyl sites for hydroxylation is 1. The largest absolute Gasteiger partial charge is 0.495 e. The third kappa shape index (κ3) is 5.65. The molecule has 0 bridgehead atoms. The molecule has 1 fully saturated rings. The number of hydrogen-bond acceptors (Lipinski definition) is 6. The molecule has 0 aromatic heterocycles. The molecule has 0 saturated carbocycles. The first kappa shape index (κ1) is 25.5. The fraction of sp³-hybridized carbons (Fsp3) is 0.440. The van der Waals surface area contributed by atoms with Crippen molar-refractivity contribution in [3.63, 3.8) is 0 Å². The highest BCUT2D eigenvalue weighted by Gasteiger charge is 2.32. The summed E-state index contributed by atoms with van der Waals surface area (Å²) in [5, 5.41) is 2.83. The van der Waals surface area contributed by atoms with Crippen LogP contribution in [0.3, 0.4) is 0 Å². The first-order chi connectivity index (χ1) is 16.7. The van der Waals surface area contributed by atoms with Gasteiger partial charge in [0.25, 0.3) is 0 Å². The normalized spacial score (nSPS) is 19.1. The quantitative estimate of drug-likeness (QED) is 0.622. The summed E-state index contributed by atoms with van der Waals surface area (Å²) in [5.74, 6) is -0.0923. The highest BCUT2D eigenvalue weighted by molar-refractivity contribution is 8.00.